The Morgan fingerprint density at radius 1 is 1.21 bits per heavy atom. The van der Waals surface area contributed by atoms with Gasteiger partial charge in [0.1, 0.15) is 0 Å². The molecule has 0 bridgehead atoms. The van der Waals surface area contributed by atoms with Crippen molar-refractivity contribution in [2.45, 2.75) is 16.6 Å². The molecular formula is C11H11ClO5S2. The summed E-state index contributed by atoms with van der Waals surface area (Å²) in [7, 11) is -6.95. The van der Waals surface area contributed by atoms with Crippen LogP contribution in [0, 0.1) is 0 Å². The second-order valence-corrected chi connectivity index (χ2v) is 9.17. The summed E-state index contributed by atoms with van der Waals surface area (Å²) in [6, 6.07) is 5.17. The first-order valence-electron chi connectivity index (χ1n) is 5.46. The molecule has 0 unspecified atom stereocenters. The molecule has 1 heterocycles. The maximum atomic E-state index is 12.2. The van der Waals surface area contributed by atoms with E-state index in [1.165, 1.54) is 24.3 Å². The van der Waals surface area contributed by atoms with Gasteiger partial charge in [-0.15, -0.1) is 0 Å². The van der Waals surface area contributed by atoms with Gasteiger partial charge in [0.25, 0.3) is 5.24 Å². The van der Waals surface area contributed by atoms with E-state index in [-0.39, 0.29) is 28.4 Å². The summed E-state index contributed by atoms with van der Waals surface area (Å²) in [6.45, 7) is 0. The Labute approximate surface area is 116 Å². The molecule has 5 nitrogen and oxygen atoms in total. The number of halogens is 1. The third kappa shape index (κ3) is 2.98. The van der Waals surface area contributed by atoms with Crippen molar-refractivity contribution in [1.29, 1.82) is 0 Å². The summed E-state index contributed by atoms with van der Waals surface area (Å²) in [4.78, 5) is 10.9. The molecule has 0 aromatic heterocycles. The Bertz CT molecular complexity index is 704. The smallest absolute Gasteiger partial charge is 0.252 e. The molecule has 19 heavy (non-hydrogen) atoms. The molecule has 1 aromatic carbocycles. The van der Waals surface area contributed by atoms with Gasteiger partial charge in [0.15, 0.2) is 19.7 Å². The van der Waals surface area contributed by atoms with Crippen LogP contribution in [-0.4, -0.2) is 38.8 Å². The fourth-order valence-electron chi connectivity index (χ4n) is 1.97. The number of carbonyl (C=O) groups excluding carboxylic acids is 1. The molecule has 0 N–H and O–H groups in total. The van der Waals surface area contributed by atoms with Crippen molar-refractivity contribution in [2.24, 2.45) is 0 Å². The molecule has 1 aromatic rings. The summed E-state index contributed by atoms with van der Waals surface area (Å²) in [5.74, 6) is -0.444. The fourth-order valence-corrected chi connectivity index (χ4v) is 6.46. The Kier molecular flexibility index (Phi) is 3.72. The molecule has 1 aliphatic rings. The van der Waals surface area contributed by atoms with Gasteiger partial charge in [-0.25, -0.2) is 16.8 Å². The highest BCUT2D eigenvalue weighted by Gasteiger charge is 2.37. The van der Waals surface area contributed by atoms with Crippen LogP contribution in [0.1, 0.15) is 16.8 Å². The number of carbonyl (C=O) groups is 1. The molecule has 0 spiro atoms. The van der Waals surface area contributed by atoms with Crippen molar-refractivity contribution < 1.29 is 21.6 Å². The lowest BCUT2D eigenvalue weighted by Gasteiger charge is -2.10. The molecule has 1 fully saturated rings. The Hall–Kier alpha value is -0.920. The van der Waals surface area contributed by atoms with E-state index in [4.69, 9.17) is 11.6 Å². The average molecular weight is 323 g/mol. The van der Waals surface area contributed by atoms with E-state index >= 15 is 0 Å². The van der Waals surface area contributed by atoms with Gasteiger partial charge in [-0.2, -0.15) is 0 Å². The van der Waals surface area contributed by atoms with E-state index in [1.807, 2.05) is 0 Å². The van der Waals surface area contributed by atoms with E-state index in [2.05, 4.69) is 0 Å². The molecule has 0 saturated carbocycles. The van der Waals surface area contributed by atoms with Gasteiger partial charge in [-0.05, 0) is 42.3 Å². The van der Waals surface area contributed by atoms with Crippen LogP contribution >= 0.6 is 11.6 Å². The molecule has 2 rings (SSSR count). The Morgan fingerprint density at radius 2 is 1.79 bits per heavy atom. The van der Waals surface area contributed by atoms with Gasteiger partial charge >= 0.3 is 0 Å². The first-order chi connectivity index (χ1) is 8.72. The van der Waals surface area contributed by atoms with E-state index in [0.717, 1.165) is 0 Å². The third-order valence-corrected chi connectivity index (χ3v) is 7.45. The van der Waals surface area contributed by atoms with Crippen LogP contribution in [-0.2, 0) is 19.7 Å². The predicted molar refractivity (Wildman–Crippen MR) is 70.9 cm³/mol. The van der Waals surface area contributed by atoms with Crippen LogP contribution in [0.5, 0.6) is 0 Å². The number of benzene rings is 1. The van der Waals surface area contributed by atoms with Gasteiger partial charge in [-0.3, -0.25) is 4.79 Å². The second kappa shape index (κ2) is 4.88. The largest absolute Gasteiger partial charge is 0.276 e. The molecule has 1 atom stereocenters. The third-order valence-electron chi connectivity index (χ3n) is 3.04. The maximum Gasteiger partial charge on any atom is 0.252 e. The molecule has 0 radical (unpaired) electrons. The van der Waals surface area contributed by atoms with Gasteiger partial charge in [-0.1, -0.05) is 0 Å². The first-order valence-corrected chi connectivity index (χ1v) is 9.21. The first kappa shape index (κ1) is 14.5. The van der Waals surface area contributed by atoms with Crippen molar-refractivity contribution in [3.8, 4) is 0 Å². The molecular weight excluding hydrogens is 312 g/mol. The van der Waals surface area contributed by atoms with Crippen LogP contribution in [0.15, 0.2) is 29.2 Å². The molecule has 8 heteroatoms. The van der Waals surface area contributed by atoms with Crippen LogP contribution in [0.4, 0.5) is 0 Å². The zero-order valence-corrected chi connectivity index (χ0v) is 12.1. The van der Waals surface area contributed by atoms with Gasteiger partial charge < -0.3 is 0 Å². The van der Waals surface area contributed by atoms with Crippen molar-refractivity contribution in [2.75, 3.05) is 11.5 Å². The zero-order chi connectivity index (χ0) is 14.3. The molecule has 0 amide bonds. The minimum Gasteiger partial charge on any atom is -0.276 e. The summed E-state index contributed by atoms with van der Waals surface area (Å²) < 4.78 is 47.1. The van der Waals surface area contributed by atoms with Crippen LogP contribution in [0.25, 0.3) is 0 Å². The van der Waals surface area contributed by atoms with Crippen LogP contribution in [0.2, 0.25) is 0 Å². The number of rotatable bonds is 3. The van der Waals surface area contributed by atoms with Crippen molar-refractivity contribution in [3.05, 3.63) is 29.8 Å². The average Bonchev–Trinajstić information content (AvgIpc) is 2.70. The highest BCUT2D eigenvalue weighted by atomic mass is 35.5. The summed E-state index contributed by atoms with van der Waals surface area (Å²) >= 11 is 5.27. The number of sulfone groups is 2. The summed E-state index contributed by atoms with van der Waals surface area (Å²) in [5, 5.41) is -1.58. The highest BCUT2D eigenvalue weighted by Crippen LogP contribution is 2.25. The fraction of sp³-hybridized carbons (Fsp3) is 0.364. The number of hydrogen-bond acceptors (Lipinski definition) is 5. The maximum absolute atomic E-state index is 12.2. The second-order valence-electron chi connectivity index (χ2n) is 4.37. The van der Waals surface area contributed by atoms with E-state index in [0.29, 0.717) is 0 Å². The van der Waals surface area contributed by atoms with Crippen molar-refractivity contribution in [3.63, 3.8) is 0 Å². The molecule has 1 aliphatic heterocycles. The summed E-state index contributed by atoms with van der Waals surface area (Å²) in [5.41, 5.74) is 0.194. The molecule has 104 valence electrons. The van der Waals surface area contributed by atoms with Gasteiger partial charge in [0.2, 0.25) is 0 Å². The normalized spacial score (nSPS) is 22.3. The van der Waals surface area contributed by atoms with Crippen LogP contribution in [0.3, 0.4) is 0 Å². The lowest BCUT2D eigenvalue weighted by atomic mass is 10.2. The highest BCUT2D eigenvalue weighted by molar-refractivity contribution is 7.96. The van der Waals surface area contributed by atoms with Gasteiger partial charge in [0.05, 0.1) is 21.7 Å². The SMILES string of the molecule is O=C(Cl)c1ccc(S(=O)(=O)[C@H]2CCS(=O)(=O)C2)cc1. The molecule has 0 aliphatic carbocycles. The standard InChI is InChI=1S/C11H11ClO5S2/c12-11(13)8-1-3-9(4-2-8)19(16,17)10-5-6-18(14,15)7-10/h1-4,10H,5-7H2/t10-/m0/s1. The van der Waals surface area contributed by atoms with Crippen molar-refractivity contribution >= 4 is 36.5 Å². The predicted octanol–water partition coefficient (Wildman–Crippen LogP) is 1.03. The zero-order valence-electron chi connectivity index (χ0n) is 9.74. The topological polar surface area (TPSA) is 85.3 Å². The van der Waals surface area contributed by atoms with E-state index in [9.17, 15) is 21.6 Å². The Balaban J connectivity index is 2.33. The van der Waals surface area contributed by atoms with E-state index in [1.54, 1.807) is 0 Å². The lowest BCUT2D eigenvalue weighted by Crippen LogP contribution is -2.22. The lowest BCUT2D eigenvalue weighted by molar-refractivity contribution is 0.108. The minimum absolute atomic E-state index is 0.0104. The number of hydrogen-bond donors (Lipinski definition) is 0. The minimum atomic E-state index is -3.69. The van der Waals surface area contributed by atoms with Crippen LogP contribution < -0.4 is 0 Å². The molecule has 1 saturated heterocycles. The quantitative estimate of drug-likeness (QED) is 0.776. The van der Waals surface area contributed by atoms with Crippen molar-refractivity contribution in [1.82, 2.24) is 0 Å². The van der Waals surface area contributed by atoms with E-state index < -0.39 is 30.2 Å². The monoisotopic (exact) mass is 322 g/mol. The summed E-state index contributed by atoms with van der Waals surface area (Å²) in [6.07, 6.45) is 0.112. The van der Waals surface area contributed by atoms with Gasteiger partial charge in [0, 0.05) is 5.56 Å². The Morgan fingerprint density at radius 3 is 2.21 bits per heavy atom.